The minimum absolute atomic E-state index is 0.0774. The average Bonchev–Trinajstić information content (AvgIpc) is 3.44. The molecule has 0 bridgehead atoms. The molecule has 0 aromatic rings. The molecule has 4 N–H and O–H groups in total. The largest absolute Gasteiger partial charge is 0.481 e. The molecule has 4 aliphatic rings. The number of carbonyl (C=O) groups is 2. The maximum atomic E-state index is 13.0. The van der Waals surface area contributed by atoms with E-state index >= 15 is 0 Å². The van der Waals surface area contributed by atoms with E-state index in [1.165, 1.54) is 96.3 Å². The molecular weight excluding hydrogens is 622 g/mol. The van der Waals surface area contributed by atoms with Crippen molar-refractivity contribution in [3.63, 3.8) is 0 Å². The highest BCUT2D eigenvalue weighted by Gasteiger charge is 2.65. The van der Waals surface area contributed by atoms with Gasteiger partial charge in [-0.2, -0.15) is 0 Å². The fourth-order valence-electron chi connectivity index (χ4n) is 12.1. The number of aliphatic hydroxyl groups is 2. The zero-order valence-electron chi connectivity index (χ0n) is 32.9. The molecule has 0 aromatic heterocycles. The molecule has 0 aliphatic heterocycles. The van der Waals surface area contributed by atoms with Gasteiger partial charge >= 0.3 is 5.97 Å². The van der Waals surface area contributed by atoms with Gasteiger partial charge in [0.1, 0.15) is 0 Å². The molecule has 11 atom stereocenters. The summed E-state index contributed by atoms with van der Waals surface area (Å²) in [6.07, 6.45) is 30.1. The van der Waals surface area contributed by atoms with Crippen LogP contribution in [0.15, 0.2) is 0 Å². The SMILES string of the molecule is CCCCCCCCCCCCCCCCCCCC(=O)N[C@@H]1CC[C@@]2(C)[C@@H](C1)C[C@@H](O)[C@@H]1[C@@H]2C[C@H](O)[C@]2(C)[C@@H]([C@H](C)CCC(=O)O)CC[C@@H]12. The normalized spacial score (nSPS) is 35.6. The number of nitrogens with one attached hydrogen (secondary N) is 1. The summed E-state index contributed by atoms with van der Waals surface area (Å²) in [6, 6.07) is 0.194. The molecule has 0 radical (unpaired) electrons. The van der Waals surface area contributed by atoms with Crippen LogP contribution in [-0.2, 0) is 9.59 Å². The third-order valence-electron chi connectivity index (χ3n) is 15.2. The first-order valence-corrected chi connectivity index (χ1v) is 21.9. The Morgan fingerprint density at radius 1 is 0.720 bits per heavy atom. The van der Waals surface area contributed by atoms with Gasteiger partial charge in [0.15, 0.2) is 0 Å². The Kier molecular flexibility index (Phi) is 16.9. The standard InChI is InChI=1S/C44H79NO5/c1-5-6-7-8-9-10-11-12-13-14-15-16-17-18-19-20-21-22-40(48)45-34-27-28-43(3)33(29-34)30-38(46)42-36-25-24-35(32(2)23-26-41(49)50)44(36,4)39(47)31-37(42)43/h32-39,42,46-47H,5-31H2,1-4H3,(H,45,48)(H,49,50)/t32-,33+,34-,35-,36+,37+,38-,39+,42+,43+,44-/m1/s1. The van der Waals surface area contributed by atoms with Crippen molar-refractivity contribution in [1.82, 2.24) is 5.32 Å². The molecule has 0 heterocycles. The Balaban J connectivity index is 1.10. The van der Waals surface area contributed by atoms with Crippen LogP contribution in [0.2, 0.25) is 0 Å². The fraction of sp³-hybridized carbons (Fsp3) is 0.955. The number of carboxylic acids is 1. The number of hydrogen-bond donors (Lipinski definition) is 4. The molecule has 4 rings (SSSR count). The Hall–Kier alpha value is -1.14. The van der Waals surface area contributed by atoms with Crippen LogP contribution in [-0.4, -0.2) is 45.4 Å². The van der Waals surface area contributed by atoms with E-state index in [1.807, 2.05) is 0 Å². The van der Waals surface area contributed by atoms with E-state index in [1.54, 1.807) is 0 Å². The fourth-order valence-corrected chi connectivity index (χ4v) is 12.1. The van der Waals surface area contributed by atoms with Crippen LogP contribution in [0.4, 0.5) is 0 Å². The summed E-state index contributed by atoms with van der Waals surface area (Å²) in [5, 5.41) is 36.2. The molecule has 4 fully saturated rings. The lowest BCUT2D eigenvalue weighted by Crippen LogP contribution is -2.63. The van der Waals surface area contributed by atoms with E-state index in [4.69, 9.17) is 0 Å². The molecule has 50 heavy (non-hydrogen) atoms. The van der Waals surface area contributed by atoms with Crippen LogP contribution < -0.4 is 5.32 Å². The van der Waals surface area contributed by atoms with E-state index in [2.05, 4.69) is 33.0 Å². The van der Waals surface area contributed by atoms with Crippen molar-refractivity contribution in [3.8, 4) is 0 Å². The van der Waals surface area contributed by atoms with Gasteiger partial charge in [-0.05, 0) is 104 Å². The zero-order chi connectivity index (χ0) is 36.1. The van der Waals surface area contributed by atoms with Crippen LogP contribution in [0.5, 0.6) is 0 Å². The summed E-state index contributed by atoms with van der Waals surface area (Å²) >= 11 is 0. The number of carbonyl (C=O) groups excluding carboxylic acids is 1. The average molecular weight is 702 g/mol. The van der Waals surface area contributed by atoms with Gasteiger partial charge in [0.05, 0.1) is 12.2 Å². The van der Waals surface area contributed by atoms with Crippen molar-refractivity contribution in [2.24, 2.45) is 46.3 Å². The molecular formula is C44H79NO5. The van der Waals surface area contributed by atoms with Crippen molar-refractivity contribution in [3.05, 3.63) is 0 Å². The summed E-state index contributed by atoms with van der Waals surface area (Å²) in [5.74, 6) is 1.14. The van der Waals surface area contributed by atoms with Crippen molar-refractivity contribution in [2.45, 2.75) is 219 Å². The Bertz CT molecular complexity index is 1020. The lowest BCUT2D eigenvalue weighted by molar-refractivity contribution is -0.202. The molecule has 0 aromatic carbocycles. The van der Waals surface area contributed by atoms with Crippen LogP contribution in [0, 0.1) is 46.3 Å². The highest BCUT2D eigenvalue weighted by molar-refractivity contribution is 5.76. The van der Waals surface area contributed by atoms with Crippen LogP contribution in [0.25, 0.3) is 0 Å². The first-order chi connectivity index (χ1) is 24.0. The lowest BCUT2D eigenvalue weighted by Gasteiger charge is -2.63. The van der Waals surface area contributed by atoms with E-state index in [-0.39, 0.29) is 53.1 Å². The summed E-state index contributed by atoms with van der Waals surface area (Å²) in [6.45, 7) is 9.13. The molecule has 0 saturated heterocycles. The van der Waals surface area contributed by atoms with Gasteiger partial charge < -0.3 is 20.6 Å². The van der Waals surface area contributed by atoms with E-state index < -0.39 is 12.1 Å². The van der Waals surface area contributed by atoms with Crippen molar-refractivity contribution >= 4 is 11.9 Å². The molecule has 0 unspecified atom stereocenters. The first kappa shape index (κ1) is 41.6. The molecule has 4 saturated carbocycles. The highest BCUT2D eigenvalue weighted by Crippen LogP contribution is 2.68. The summed E-state index contributed by atoms with van der Waals surface area (Å²) < 4.78 is 0. The van der Waals surface area contributed by atoms with Gasteiger partial charge in [0.25, 0.3) is 0 Å². The van der Waals surface area contributed by atoms with Crippen LogP contribution in [0.3, 0.4) is 0 Å². The number of fused-ring (bicyclic) bond motifs is 5. The predicted octanol–water partition coefficient (Wildman–Crippen LogP) is 10.6. The predicted molar refractivity (Wildman–Crippen MR) is 205 cm³/mol. The summed E-state index contributed by atoms with van der Waals surface area (Å²) in [5.41, 5.74) is -0.186. The first-order valence-electron chi connectivity index (χ1n) is 21.9. The smallest absolute Gasteiger partial charge is 0.303 e. The maximum Gasteiger partial charge on any atom is 0.303 e. The second-order valence-electron chi connectivity index (χ2n) is 18.5. The third-order valence-corrected chi connectivity index (χ3v) is 15.2. The van der Waals surface area contributed by atoms with Crippen molar-refractivity contribution < 1.29 is 24.9 Å². The number of rotatable bonds is 23. The Morgan fingerprint density at radius 2 is 1.28 bits per heavy atom. The van der Waals surface area contributed by atoms with E-state index in [0.717, 1.165) is 57.8 Å². The van der Waals surface area contributed by atoms with Gasteiger partial charge in [0, 0.05) is 18.9 Å². The van der Waals surface area contributed by atoms with Crippen molar-refractivity contribution in [2.75, 3.05) is 0 Å². The number of hydrogen-bond acceptors (Lipinski definition) is 4. The number of aliphatic carboxylic acids is 1. The minimum Gasteiger partial charge on any atom is -0.481 e. The van der Waals surface area contributed by atoms with Gasteiger partial charge in [0.2, 0.25) is 5.91 Å². The second kappa shape index (κ2) is 20.4. The van der Waals surface area contributed by atoms with Gasteiger partial charge in [-0.3, -0.25) is 9.59 Å². The number of amides is 1. The molecule has 6 heteroatoms. The maximum absolute atomic E-state index is 13.0. The molecule has 4 aliphatic carbocycles. The molecule has 0 spiro atoms. The highest BCUT2D eigenvalue weighted by atomic mass is 16.4. The Labute approximate surface area is 307 Å². The lowest BCUT2D eigenvalue weighted by atomic mass is 9.43. The topological polar surface area (TPSA) is 107 Å². The van der Waals surface area contributed by atoms with Gasteiger partial charge in [-0.25, -0.2) is 0 Å². The number of carboxylic acid groups (broad SMARTS) is 1. The van der Waals surface area contributed by atoms with E-state index in [9.17, 15) is 24.9 Å². The van der Waals surface area contributed by atoms with E-state index in [0.29, 0.717) is 30.6 Å². The van der Waals surface area contributed by atoms with Gasteiger partial charge in [-0.1, -0.05) is 130 Å². The zero-order valence-corrected chi connectivity index (χ0v) is 32.9. The third kappa shape index (κ3) is 10.7. The Morgan fingerprint density at radius 3 is 1.84 bits per heavy atom. The minimum atomic E-state index is -0.746. The molecule has 1 amide bonds. The monoisotopic (exact) mass is 702 g/mol. The summed E-state index contributed by atoms with van der Waals surface area (Å²) in [4.78, 5) is 24.2. The van der Waals surface area contributed by atoms with Crippen LogP contribution in [0.1, 0.15) is 201 Å². The van der Waals surface area contributed by atoms with Crippen LogP contribution >= 0.6 is 0 Å². The summed E-state index contributed by atoms with van der Waals surface area (Å²) in [7, 11) is 0. The second-order valence-corrected chi connectivity index (χ2v) is 18.5. The number of aliphatic hydroxyl groups excluding tert-OH is 2. The van der Waals surface area contributed by atoms with Gasteiger partial charge in [-0.15, -0.1) is 0 Å². The number of unbranched alkanes of at least 4 members (excludes halogenated alkanes) is 16. The molecule has 290 valence electrons. The quantitative estimate of drug-likeness (QED) is 0.0794. The van der Waals surface area contributed by atoms with Crippen molar-refractivity contribution in [1.29, 1.82) is 0 Å². The molecule has 6 nitrogen and oxygen atoms in total.